The number of nitrogens with one attached hydrogen (secondary N) is 1. The zero-order valence-electron chi connectivity index (χ0n) is 11.8. The zero-order chi connectivity index (χ0) is 13.9. The van der Waals surface area contributed by atoms with Crippen molar-refractivity contribution in [3.8, 4) is 0 Å². The molecular formula is C17H20N2O. The summed E-state index contributed by atoms with van der Waals surface area (Å²) in [5.41, 5.74) is 1.04. The van der Waals surface area contributed by atoms with Gasteiger partial charge in [0.1, 0.15) is 0 Å². The summed E-state index contributed by atoms with van der Waals surface area (Å²) in [6, 6.07) is 14.4. The topological polar surface area (TPSA) is 32.3 Å². The smallest absolute Gasteiger partial charge is 0.244 e. The summed E-state index contributed by atoms with van der Waals surface area (Å²) in [6.07, 6.45) is 1.94. The van der Waals surface area contributed by atoms with Crippen LogP contribution in [0, 0.1) is 0 Å². The highest BCUT2D eigenvalue weighted by Crippen LogP contribution is 2.29. The maximum Gasteiger partial charge on any atom is 0.244 e. The molecule has 0 saturated carbocycles. The summed E-state index contributed by atoms with van der Waals surface area (Å²) < 4.78 is 0. The average Bonchev–Trinajstić information content (AvgIpc) is 2.85. The Morgan fingerprint density at radius 1 is 1.20 bits per heavy atom. The van der Waals surface area contributed by atoms with Gasteiger partial charge in [-0.05, 0) is 30.8 Å². The fraction of sp³-hybridized carbons (Fsp3) is 0.353. The summed E-state index contributed by atoms with van der Waals surface area (Å²) in [5.74, 6) is 0.204. The molecule has 0 aromatic heterocycles. The predicted molar refractivity (Wildman–Crippen MR) is 83.0 cm³/mol. The molecule has 0 bridgehead atoms. The molecule has 1 saturated heterocycles. The SMILES string of the molecule is CCCNC1CCN(c2cccc3ccccc23)C1=O. The number of carbonyl (C=O) groups is 1. The molecule has 1 fully saturated rings. The average molecular weight is 268 g/mol. The first-order chi connectivity index (χ1) is 9.81. The van der Waals surface area contributed by atoms with Crippen LogP contribution in [0.4, 0.5) is 5.69 Å². The summed E-state index contributed by atoms with van der Waals surface area (Å²) in [4.78, 5) is 14.4. The quantitative estimate of drug-likeness (QED) is 0.924. The van der Waals surface area contributed by atoms with Crippen LogP contribution < -0.4 is 10.2 Å². The van der Waals surface area contributed by atoms with Crippen molar-refractivity contribution in [1.82, 2.24) is 5.32 Å². The molecule has 1 amide bonds. The molecule has 3 heteroatoms. The van der Waals surface area contributed by atoms with E-state index in [1.54, 1.807) is 0 Å². The second kappa shape index (κ2) is 5.63. The van der Waals surface area contributed by atoms with Crippen LogP contribution in [-0.2, 0) is 4.79 Å². The van der Waals surface area contributed by atoms with Crippen LogP contribution in [0.2, 0.25) is 0 Å². The van der Waals surface area contributed by atoms with Gasteiger partial charge in [0.25, 0.3) is 0 Å². The molecule has 1 N–H and O–H groups in total. The summed E-state index contributed by atoms with van der Waals surface area (Å²) >= 11 is 0. The van der Waals surface area contributed by atoms with Gasteiger partial charge >= 0.3 is 0 Å². The molecule has 1 atom stereocenters. The minimum atomic E-state index is -0.0195. The van der Waals surface area contributed by atoms with Crippen molar-refractivity contribution in [2.24, 2.45) is 0 Å². The van der Waals surface area contributed by atoms with Gasteiger partial charge in [0.15, 0.2) is 0 Å². The highest BCUT2D eigenvalue weighted by atomic mass is 16.2. The second-order valence-corrected chi connectivity index (χ2v) is 5.28. The van der Waals surface area contributed by atoms with Crippen LogP contribution in [0.3, 0.4) is 0 Å². The van der Waals surface area contributed by atoms with Crippen LogP contribution in [-0.4, -0.2) is 25.0 Å². The Morgan fingerprint density at radius 2 is 2.00 bits per heavy atom. The van der Waals surface area contributed by atoms with Gasteiger partial charge in [0.2, 0.25) is 5.91 Å². The minimum Gasteiger partial charge on any atom is -0.310 e. The van der Waals surface area contributed by atoms with Gasteiger partial charge in [-0.2, -0.15) is 0 Å². The minimum absolute atomic E-state index is 0.0195. The molecule has 0 spiro atoms. The lowest BCUT2D eigenvalue weighted by molar-refractivity contribution is -0.118. The van der Waals surface area contributed by atoms with Crippen molar-refractivity contribution in [2.75, 3.05) is 18.0 Å². The molecule has 2 aromatic rings. The Labute approximate surface area is 119 Å². The third-order valence-corrected chi connectivity index (χ3v) is 3.90. The van der Waals surface area contributed by atoms with E-state index in [-0.39, 0.29) is 11.9 Å². The number of nitrogens with zero attached hydrogens (tertiary/aromatic N) is 1. The second-order valence-electron chi connectivity index (χ2n) is 5.28. The number of anilines is 1. The van der Waals surface area contributed by atoms with Gasteiger partial charge in [0, 0.05) is 11.9 Å². The summed E-state index contributed by atoms with van der Waals surface area (Å²) in [6.45, 7) is 3.82. The number of hydrogen-bond donors (Lipinski definition) is 1. The Morgan fingerprint density at radius 3 is 2.85 bits per heavy atom. The van der Waals surface area contributed by atoms with Gasteiger partial charge in [0.05, 0.1) is 11.7 Å². The largest absolute Gasteiger partial charge is 0.310 e. The number of carbonyl (C=O) groups excluding carboxylic acids is 1. The molecule has 1 unspecified atom stereocenters. The first-order valence-corrected chi connectivity index (χ1v) is 7.34. The van der Waals surface area contributed by atoms with Crippen LogP contribution in [0.5, 0.6) is 0 Å². The van der Waals surface area contributed by atoms with E-state index in [1.807, 2.05) is 29.2 Å². The standard InChI is InChI=1S/C17H20N2O/c1-2-11-18-15-10-12-19(17(15)20)16-9-5-7-13-6-3-4-8-14(13)16/h3-9,15,18H,2,10-12H2,1H3. The van der Waals surface area contributed by atoms with Crippen LogP contribution in [0.15, 0.2) is 42.5 Å². The maximum atomic E-state index is 12.5. The van der Waals surface area contributed by atoms with Gasteiger partial charge < -0.3 is 10.2 Å². The third kappa shape index (κ3) is 2.29. The van der Waals surface area contributed by atoms with Gasteiger partial charge in [-0.3, -0.25) is 4.79 Å². The predicted octanol–water partition coefficient (Wildman–Crippen LogP) is 2.94. The van der Waals surface area contributed by atoms with E-state index >= 15 is 0 Å². The number of fused-ring (bicyclic) bond motifs is 1. The lowest BCUT2D eigenvalue weighted by atomic mass is 10.1. The Kier molecular flexibility index (Phi) is 3.70. The van der Waals surface area contributed by atoms with E-state index < -0.39 is 0 Å². The maximum absolute atomic E-state index is 12.5. The number of hydrogen-bond acceptors (Lipinski definition) is 2. The Bertz CT molecular complexity index is 618. The molecule has 0 aliphatic carbocycles. The van der Waals surface area contributed by atoms with Crippen LogP contribution >= 0.6 is 0 Å². The van der Waals surface area contributed by atoms with Crippen molar-refractivity contribution in [3.05, 3.63) is 42.5 Å². The third-order valence-electron chi connectivity index (χ3n) is 3.90. The molecule has 2 aromatic carbocycles. The lowest BCUT2D eigenvalue weighted by Crippen LogP contribution is -2.38. The molecule has 3 rings (SSSR count). The van der Waals surface area contributed by atoms with E-state index in [4.69, 9.17) is 0 Å². The van der Waals surface area contributed by atoms with Crippen molar-refractivity contribution in [1.29, 1.82) is 0 Å². The molecule has 1 aliphatic heterocycles. The number of rotatable bonds is 4. The lowest BCUT2D eigenvalue weighted by Gasteiger charge is -2.19. The van der Waals surface area contributed by atoms with Gasteiger partial charge in [-0.15, -0.1) is 0 Å². The molecule has 20 heavy (non-hydrogen) atoms. The Balaban J connectivity index is 1.91. The van der Waals surface area contributed by atoms with Crippen LogP contribution in [0.25, 0.3) is 10.8 Å². The molecule has 1 heterocycles. The number of amides is 1. The van der Waals surface area contributed by atoms with E-state index in [2.05, 4.69) is 30.4 Å². The molecule has 3 nitrogen and oxygen atoms in total. The molecule has 0 radical (unpaired) electrons. The van der Waals surface area contributed by atoms with Crippen molar-refractivity contribution < 1.29 is 4.79 Å². The van der Waals surface area contributed by atoms with E-state index in [1.165, 1.54) is 5.39 Å². The first kappa shape index (κ1) is 13.1. The zero-order valence-corrected chi connectivity index (χ0v) is 11.8. The number of benzene rings is 2. The summed E-state index contributed by atoms with van der Waals surface area (Å²) in [7, 11) is 0. The van der Waals surface area contributed by atoms with Crippen LogP contribution in [0.1, 0.15) is 19.8 Å². The Hall–Kier alpha value is -1.87. The van der Waals surface area contributed by atoms with E-state index in [9.17, 15) is 4.79 Å². The molecule has 104 valence electrons. The molecule has 1 aliphatic rings. The highest BCUT2D eigenvalue weighted by molar-refractivity contribution is 6.06. The normalized spacial score (nSPS) is 18.9. The summed E-state index contributed by atoms with van der Waals surface area (Å²) in [5, 5.41) is 5.67. The molecular weight excluding hydrogens is 248 g/mol. The highest BCUT2D eigenvalue weighted by Gasteiger charge is 2.32. The van der Waals surface area contributed by atoms with Crippen molar-refractivity contribution >= 4 is 22.4 Å². The van der Waals surface area contributed by atoms with E-state index in [0.717, 1.165) is 37.0 Å². The van der Waals surface area contributed by atoms with E-state index in [0.29, 0.717) is 0 Å². The fourth-order valence-electron chi connectivity index (χ4n) is 2.87. The fourth-order valence-corrected chi connectivity index (χ4v) is 2.87. The first-order valence-electron chi connectivity index (χ1n) is 7.34. The monoisotopic (exact) mass is 268 g/mol. The van der Waals surface area contributed by atoms with Gasteiger partial charge in [-0.1, -0.05) is 43.3 Å². The van der Waals surface area contributed by atoms with Gasteiger partial charge in [-0.25, -0.2) is 0 Å². The van der Waals surface area contributed by atoms with Crippen molar-refractivity contribution in [2.45, 2.75) is 25.8 Å². The van der Waals surface area contributed by atoms with Crippen molar-refractivity contribution in [3.63, 3.8) is 0 Å².